The first kappa shape index (κ1) is 17.6. The van der Waals surface area contributed by atoms with Crippen LogP contribution in [0.15, 0.2) is 24.3 Å². The highest BCUT2D eigenvalue weighted by Crippen LogP contribution is 2.35. The van der Waals surface area contributed by atoms with Gasteiger partial charge in [0.25, 0.3) is 0 Å². The summed E-state index contributed by atoms with van der Waals surface area (Å²) in [7, 11) is 0. The third kappa shape index (κ3) is 3.96. The van der Waals surface area contributed by atoms with Gasteiger partial charge in [0.1, 0.15) is 11.1 Å². The monoisotopic (exact) mass is 339 g/mol. The number of benzene rings is 1. The molecule has 1 aliphatic rings. The summed E-state index contributed by atoms with van der Waals surface area (Å²) in [5.41, 5.74) is -1.05. The fourth-order valence-electron chi connectivity index (χ4n) is 2.98. The number of hydrogen-bond acceptors (Lipinski definition) is 3. The van der Waals surface area contributed by atoms with E-state index in [1.54, 1.807) is 39.0 Å². The van der Waals surface area contributed by atoms with Crippen molar-refractivity contribution < 1.29 is 19.4 Å². The van der Waals surface area contributed by atoms with Crippen molar-refractivity contribution in [3.63, 3.8) is 0 Å². The predicted octanol–water partition coefficient (Wildman–Crippen LogP) is 3.74. The minimum absolute atomic E-state index is 0.259. The topological polar surface area (TPSA) is 66.8 Å². The molecule has 1 N–H and O–H groups in total. The van der Waals surface area contributed by atoms with E-state index in [1.165, 1.54) is 4.90 Å². The van der Waals surface area contributed by atoms with E-state index in [0.717, 1.165) is 5.56 Å². The molecule has 0 spiro atoms. The highest BCUT2D eigenvalue weighted by molar-refractivity contribution is 6.30. The van der Waals surface area contributed by atoms with Crippen molar-refractivity contribution in [1.29, 1.82) is 0 Å². The lowest BCUT2D eigenvalue weighted by atomic mass is 9.88. The van der Waals surface area contributed by atoms with Gasteiger partial charge in [-0.15, -0.1) is 0 Å². The summed E-state index contributed by atoms with van der Waals surface area (Å²) in [6.45, 7) is 5.66. The van der Waals surface area contributed by atoms with E-state index in [9.17, 15) is 14.7 Å². The van der Waals surface area contributed by atoms with Gasteiger partial charge in [0.2, 0.25) is 0 Å². The van der Waals surface area contributed by atoms with Crippen molar-refractivity contribution in [2.75, 3.05) is 6.54 Å². The van der Waals surface area contributed by atoms with Crippen LogP contribution in [0.25, 0.3) is 0 Å². The number of amides is 1. The third-order valence-corrected chi connectivity index (χ3v) is 4.12. The lowest BCUT2D eigenvalue weighted by Gasteiger charge is -2.37. The molecule has 0 saturated carbocycles. The molecule has 1 aromatic carbocycles. The lowest BCUT2D eigenvalue weighted by Crippen LogP contribution is -2.56. The predicted molar refractivity (Wildman–Crippen MR) is 87.7 cm³/mol. The fourth-order valence-corrected chi connectivity index (χ4v) is 3.20. The van der Waals surface area contributed by atoms with Gasteiger partial charge in [-0.05, 0) is 51.3 Å². The Hall–Kier alpha value is -1.75. The van der Waals surface area contributed by atoms with Gasteiger partial charge >= 0.3 is 12.1 Å². The molecule has 0 bridgehead atoms. The summed E-state index contributed by atoms with van der Waals surface area (Å²) in [5, 5.41) is 10.1. The quantitative estimate of drug-likeness (QED) is 0.852. The highest BCUT2D eigenvalue weighted by Gasteiger charge is 2.52. The van der Waals surface area contributed by atoms with Gasteiger partial charge in [0, 0.05) is 18.0 Å². The van der Waals surface area contributed by atoms with Crippen molar-refractivity contribution in [2.45, 2.75) is 51.2 Å². The van der Waals surface area contributed by atoms with Crippen LogP contribution in [0, 0.1) is 0 Å². The van der Waals surface area contributed by atoms with Crippen molar-refractivity contribution in [1.82, 2.24) is 4.90 Å². The minimum atomic E-state index is -1.19. The number of likely N-dealkylation sites (tertiary alicyclic amines) is 1. The van der Waals surface area contributed by atoms with Gasteiger partial charge in [0.15, 0.2) is 0 Å². The SMILES string of the molecule is CC(C)(C)OC(=O)[C@@]1(Cc2cccc(Cl)c2)CCCN1C(=O)O. The Morgan fingerprint density at radius 3 is 2.65 bits per heavy atom. The van der Waals surface area contributed by atoms with Crippen LogP contribution in [0.2, 0.25) is 5.02 Å². The molecule has 0 unspecified atom stereocenters. The first-order valence-electron chi connectivity index (χ1n) is 7.62. The Balaban J connectivity index is 2.39. The van der Waals surface area contributed by atoms with Gasteiger partial charge in [-0.3, -0.25) is 4.90 Å². The summed E-state index contributed by atoms with van der Waals surface area (Å²) < 4.78 is 5.53. The van der Waals surface area contributed by atoms with Crippen molar-refractivity contribution in [3.8, 4) is 0 Å². The zero-order valence-electron chi connectivity index (χ0n) is 13.6. The summed E-state index contributed by atoms with van der Waals surface area (Å²) in [5.74, 6) is -0.495. The number of nitrogens with zero attached hydrogens (tertiary/aromatic N) is 1. The average molecular weight is 340 g/mol. The number of ether oxygens (including phenoxy) is 1. The van der Waals surface area contributed by atoms with Gasteiger partial charge in [-0.1, -0.05) is 23.7 Å². The largest absolute Gasteiger partial charge is 0.465 e. The Labute approximate surface area is 141 Å². The first-order chi connectivity index (χ1) is 10.6. The second-order valence-corrected chi connectivity index (χ2v) is 7.31. The number of rotatable bonds is 3. The Morgan fingerprint density at radius 2 is 2.09 bits per heavy atom. The summed E-state index contributed by atoms with van der Waals surface area (Å²) in [6.07, 6.45) is 0.233. The summed E-state index contributed by atoms with van der Waals surface area (Å²) in [6, 6.07) is 7.14. The molecule has 0 radical (unpaired) electrons. The summed E-state index contributed by atoms with van der Waals surface area (Å²) in [4.78, 5) is 25.7. The highest BCUT2D eigenvalue weighted by atomic mass is 35.5. The van der Waals surface area contributed by atoms with Crippen LogP contribution in [0.3, 0.4) is 0 Å². The molecule has 0 aliphatic carbocycles. The van der Waals surface area contributed by atoms with Gasteiger partial charge in [-0.25, -0.2) is 9.59 Å². The molecular formula is C17H22ClNO4. The molecule has 1 saturated heterocycles. The molecule has 6 heteroatoms. The molecular weight excluding hydrogens is 318 g/mol. The third-order valence-electron chi connectivity index (χ3n) is 3.88. The van der Waals surface area contributed by atoms with Gasteiger partial charge in [-0.2, -0.15) is 0 Å². The van der Waals surface area contributed by atoms with Crippen molar-refractivity contribution >= 4 is 23.7 Å². The number of carboxylic acid groups (broad SMARTS) is 1. The van der Waals surface area contributed by atoms with Crippen LogP contribution < -0.4 is 0 Å². The Kier molecular flexibility index (Phi) is 4.90. The van der Waals surface area contributed by atoms with Crippen LogP contribution in [-0.2, 0) is 16.0 Å². The smallest absolute Gasteiger partial charge is 0.408 e. The Morgan fingerprint density at radius 1 is 1.39 bits per heavy atom. The molecule has 1 atom stereocenters. The maximum absolute atomic E-state index is 12.8. The maximum atomic E-state index is 12.8. The van der Waals surface area contributed by atoms with Gasteiger partial charge < -0.3 is 9.84 Å². The second-order valence-electron chi connectivity index (χ2n) is 6.88. The average Bonchev–Trinajstić information content (AvgIpc) is 2.82. The zero-order chi connectivity index (χ0) is 17.3. The van der Waals surface area contributed by atoms with E-state index in [2.05, 4.69) is 0 Å². The molecule has 23 heavy (non-hydrogen) atoms. The van der Waals surface area contributed by atoms with Crippen molar-refractivity contribution in [3.05, 3.63) is 34.9 Å². The second kappa shape index (κ2) is 6.40. The van der Waals surface area contributed by atoms with Crippen LogP contribution >= 0.6 is 11.6 Å². The van der Waals surface area contributed by atoms with E-state index >= 15 is 0 Å². The molecule has 5 nitrogen and oxygen atoms in total. The van der Waals surface area contributed by atoms with E-state index in [4.69, 9.17) is 16.3 Å². The minimum Gasteiger partial charge on any atom is -0.465 e. The number of esters is 1. The Bertz CT molecular complexity index is 611. The van der Waals surface area contributed by atoms with E-state index < -0.39 is 23.2 Å². The first-order valence-corrected chi connectivity index (χ1v) is 8.00. The van der Waals surface area contributed by atoms with Crippen LogP contribution in [-0.4, -0.2) is 39.8 Å². The molecule has 126 valence electrons. The number of hydrogen-bond donors (Lipinski definition) is 1. The van der Waals surface area contributed by atoms with Gasteiger partial charge in [0.05, 0.1) is 0 Å². The standard InChI is InChI=1S/C17H22ClNO4/c1-16(2,3)23-14(20)17(8-5-9-19(17)15(21)22)11-12-6-4-7-13(18)10-12/h4,6-7,10H,5,8-9,11H2,1-3H3,(H,21,22)/t17-/m0/s1. The summed E-state index contributed by atoms with van der Waals surface area (Å²) >= 11 is 6.01. The number of carbonyl (C=O) groups is 2. The van der Waals surface area contributed by atoms with Crippen LogP contribution in [0.4, 0.5) is 4.79 Å². The van der Waals surface area contributed by atoms with Crippen molar-refractivity contribution in [2.24, 2.45) is 0 Å². The normalized spacial score (nSPS) is 21.3. The molecule has 1 fully saturated rings. The fraction of sp³-hybridized carbons (Fsp3) is 0.529. The van der Waals surface area contributed by atoms with Crippen LogP contribution in [0.1, 0.15) is 39.2 Å². The lowest BCUT2D eigenvalue weighted by molar-refractivity contribution is -0.167. The van der Waals surface area contributed by atoms with Crippen LogP contribution in [0.5, 0.6) is 0 Å². The zero-order valence-corrected chi connectivity index (χ0v) is 14.4. The number of carbonyl (C=O) groups excluding carboxylic acids is 1. The molecule has 1 aromatic rings. The molecule has 0 aromatic heterocycles. The number of halogens is 1. The van der Waals surface area contributed by atoms with E-state index in [1.807, 2.05) is 6.07 Å². The molecule has 1 amide bonds. The molecule has 2 rings (SSSR count). The maximum Gasteiger partial charge on any atom is 0.408 e. The van der Waals surface area contributed by atoms with E-state index in [0.29, 0.717) is 24.4 Å². The molecule has 1 heterocycles. The molecule has 1 aliphatic heterocycles. The van der Waals surface area contributed by atoms with E-state index in [-0.39, 0.29) is 6.42 Å².